The van der Waals surface area contributed by atoms with Crippen molar-refractivity contribution in [2.75, 3.05) is 12.3 Å². The van der Waals surface area contributed by atoms with Gasteiger partial charge in [-0.05, 0) is 30.7 Å². The van der Waals surface area contributed by atoms with Crippen LogP contribution in [0.2, 0.25) is 0 Å². The van der Waals surface area contributed by atoms with E-state index in [0.29, 0.717) is 12.3 Å². The molecule has 20 heavy (non-hydrogen) atoms. The van der Waals surface area contributed by atoms with Crippen LogP contribution in [0.3, 0.4) is 0 Å². The average Bonchev–Trinajstić information content (AvgIpc) is 2.91. The second kappa shape index (κ2) is 7.50. The lowest BCUT2D eigenvalue weighted by atomic mass is 10.2. The van der Waals surface area contributed by atoms with E-state index in [1.807, 2.05) is 19.1 Å². The van der Waals surface area contributed by atoms with Gasteiger partial charge in [-0.25, -0.2) is 4.98 Å². The first kappa shape index (κ1) is 15.1. The Morgan fingerprint density at radius 3 is 3.05 bits per heavy atom. The number of benzene rings is 1. The largest absolute Gasteiger partial charge is 0.355 e. The highest BCUT2D eigenvalue weighted by molar-refractivity contribution is 9.10. The standard InChI is InChI=1S/C14H16BrN3OS/c1-10-6-11(15)2-3-13(10)20-8-14(19)17-5-4-12-7-16-9-18-12/h2-3,6-7,9H,4-5,8H2,1H3,(H,16,18)(H,17,19). The van der Waals surface area contributed by atoms with E-state index < -0.39 is 0 Å². The molecular formula is C14H16BrN3OS. The van der Waals surface area contributed by atoms with Crippen molar-refractivity contribution < 1.29 is 4.79 Å². The van der Waals surface area contributed by atoms with Crippen molar-refractivity contribution in [1.82, 2.24) is 15.3 Å². The first-order chi connectivity index (χ1) is 9.65. The summed E-state index contributed by atoms with van der Waals surface area (Å²) in [6, 6.07) is 6.08. The topological polar surface area (TPSA) is 57.8 Å². The van der Waals surface area contributed by atoms with Crippen LogP contribution in [-0.4, -0.2) is 28.2 Å². The number of hydrogen-bond donors (Lipinski definition) is 2. The van der Waals surface area contributed by atoms with E-state index in [0.717, 1.165) is 21.5 Å². The minimum absolute atomic E-state index is 0.0526. The molecule has 6 heteroatoms. The number of rotatable bonds is 6. The lowest BCUT2D eigenvalue weighted by Gasteiger charge is -2.07. The third-order valence-corrected chi connectivity index (χ3v) is 4.44. The van der Waals surface area contributed by atoms with E-state index in [2.05, 4.69) is 37.3 Å². The van der Waals surface area contributed by atoms with Crippen molar-refractivity contribution in [2.45, 2.75) is 18.2 Å². The van der Waals surface area contributed by atoms with Crippen LogP contribution in [0.15, 0.2) is 40.1 Å². The Labute approximate surface area is 130 Å². The SMILES string of the molecule is Cc1cc(Br)ccc1SCC(=O)NCCc1cnc[nH]1. The number of nitrogens with one attached hydrogen (secondary N) is 2. The Hall–Kier alpha value is -1.27. The number of carbonyl (C=O) groups is 1. The quantitative estimate of drug-likeness (QED) is 0.785. The fraction of sp³-hybridized carbons (Fsp3) is 0.286. The van der Waals surface area contributed by atoms with Gasteiger partial charge in [-0.15, -0.1) is 11.8 Å². The number of thioether (sulfide) groups is 1. The molecule has 2 aromatic rings. The fourth-order valence-corrected chi connectivity index (χ4v) is 3.04. The molecule has 106 valence electrons. The molecule has 0 aliphatic carbocycles. The summed E-state index contributed by atoms with van der Waals surface area (Å²) in [6.45, 7) is 2.67. The molecule has 0 radical (unpaired) electrons. The Balaban J connectivity index is 1.72. The van der Waals surface area contributed by atoms with E-state index in [-0.39, 0.29) is 5.91 Å². The molecule has 1 amide bonds. The normalized spacial score (nSPS) is 10.5. The number of aromatic nitrogens is 2. The Morgan fingerprint density at radius 1 is 1.50 bits per heavy atom. The minimum atomic E-state index is 0.0526. The maximum absolute atomic E-state index is 11.8. The maximum atomic E-state index is 11.8. The number of imidazole rings is 1. The summed E-state index contributed by atoms with van der Waals surface area (Å²) in [4.78, 5) is 19.8. The summed E-state index contributed by atoms with van der Waals surface area (Å²) in [6.07, 6.45) is 4.18. The second-order valence-corrected chi connectivity index (χ2v) is 6.31. The van der Waals surface area contributed by atoms with Crippen LogP contribution in [0.1, 0.15) is 11.3 Å². The number of halogens is 1. The third kappa shape index (κ3) is 4.68. The molecule has 2 N–H and O–H groups in total. The van der Waals surface area contributed by atoms with Gasteiger partial charge < -0.3 is 10.3 Å². The van der Waals surface area contributed by atoms with Gasteiger partial charge in [0.1, 0.15) is 0 Å². The molecular weight excluding hydrogens is 338 g/mol. The van der Waals surface area contributed by atoms with Crippen molar-refractivity contribution in [2.24, 2.45) is 0 Å². The van der Waals surface area contributed by atoms with Crippen LogP contribution in [0.5, 0.6) is 0 Å². The van der Waals surface area contributed by atoms with Gasteiger partial charge in [-0.3, -0.25) is 4.79 Å². The van der Waals surface area contributed by atoms with Crippen LogP contribution < -0.4 is 5.32 Å². The highest BCUT2D eigenvalue weighted by atomic mass is 79.9. The summed E-state index contributed by atoms with van der Waals surface area (Å²) in [5, 5.41) is 2.91. The number of carbonyl (C=O) groups excluding carboxylic acids is 1. The van der Waals surface area contributed by atoms with Crippen molar-refractivity contribution in [3.8, 4) is 0 Å². The molecule has 0 aliphatic rings. The van der Waals surface area contributed by atoms with E-state index >= 15 is 0 Å². The van der Waals surface area contributed by atoms with E-state index in [1.54, 1.807) is 24.3 Å². The average molecular weight is 354 g/mol. The molecule has 0 atom stereocenters. The molecule has 0 fully saturated rings. The van der Waals surface area contributed by atoms with Gasteiger partial charge in [-0.1, -0.05) is 15.9 Å². The van der Waals surface area contributed by atoms with Gasteiger partial charge in [0.2, 0.25) is 5.91 Å². The third-order valence-electron chi connectivity index (χ3n) is 2.77. The summed E-state index contributed by atoms with van der Waals surface area (Å²) in [5.41, 5.74) is 2.20. The number of aromatic amines is 1. The van der Waals surface area contributed by atoms with Crippen molar-refractivity contribution in [1.29, 1.82) is 0 Å². The van der Waals surface area contributed by atoms with E-state index in [1.165, 1.54) is 5.56 Å². The van der Waals surface area contributed by atoms with E-state index in [4.69, 9.17) is 0 Å². The number of nitrogens with zero attached hydrogens (tertiary/aromatic N) is 1. The van der Waals surface area contributed by atoms with Gasteiger partial charge in [0, 0.05) is 34.2 Å². The molecule has 2 rings (SSSR count). The predicted molar refractivity (Wildman–Crippen MR) is 84.9 cm³/mol. The zero-order chi connectivity index (χ0) is 14.4. The molecule has 0 saturated heterocycles. The van der Waals surface area contributed by atoms with Gasteiger partial charge in [0.15, 0.2) is 0 Å². The number of amides is 1. The number of H-pyrrole nitrogens is 1. The van der Waals surface area contributed by atoms with Gasteiger partial charge in [0.05, 0.1) is 12.1 Å². The highest BCUT2D eigenvalue weighted by Crippen LogP contribution is 2.24. The maximum Gasteiger partial charge on any atom is 0.230 e. The van der Waals surface area contributed by atoms with Crippen LogP contribution in [0.25, 0.3) is 0 Å². The minimum Gasteiger partial charge on any atom is -0.355 e. The highest BCUT2D eigenvalue weighted by Gasteiger charge is 2.05. The Morgan fingerprint density at radius 2 is 2.35 bits per heavy atom. The first-order valence-electron chi connectivity index (χ1n) is 6.28. The molecule has 0 spiro atoms. The molecule has 4 nitrogen and oxygen atoms in total. The van der Waals surface area contributed by atoms with Gasteiger partial charge in [0.25, 0.3) is 0 Å². The van der Waals surface area contributed by atoms with Crippen molar-refractivity contribution >= 4 is 33.6 Å². The smallest absolute Gasteiger partial charge is 0.230 e. The molecule has 1 aromatic carbocycles. The summed E-state index contributed by atoms with van der Waals surface area (Å²) < 4.78 is 1.06. The second-order valence-electron chi connectivity index (χ2n) is 4.38. The number of hydrogen-bond acceptors (Lipinski definition) is 3. The predicted octanol–water partition coefficient (Wildman–Crippen LogP) is 2.93. The Kier molecular flexibility index (Phi) is 5.67. The summed E-state index contributed by atoms with van der Waals surface area (Å²) in [7, 11) is 0. The monoisotopic (exact) mass is 353 g/mol. The molecule has 1 aromatic heterocycles. The molecule has 0 saturated carbocycles. The summed E-state index contributed by atoms with van der Waals surface area (Å²) in [5.74, 6) is 0.489. The lowest BCUT2D eigenvalue weighted by molar-refractivity contribution is -0.118. The lowest BCUT2D eigenvalue weighted by Crippen LogP contribution is -2.27. The van der Waals surface area contributed by atoms with Crippen LogP contribution in [0, 0.1) is 6.92 Å². The number of aryl methyl sites for hydroxylation is 1. The molecule has 1 heterocycles. The zero-order valence-electron chi connectivity index (χ0n) is 11.1. The first-order valence-corrected chi connectivity index (χ1v) is 8.06. The van der Waals surface area contributed by atoms with E-state index in [9.17, 15) is 4.79 Å². The summed E-state index contributed by atoms with van der Waals surface area (Å²) >= 11 is 4.99. The Bertz CT molecular complexity index is 572. The fourth-order valence-electron chi connectivity index (χ4n) is 1.73. The van der Waals surface area contributed by atoms with Crippen LogP contribution in [0.4, 0.5) is 0 Å². The molecule has 0 bridgehead atoms. The van der Waals surface area contributed by atoms with Crippen LogP contribution in [-0.2, 0) is 11.2 Å². The van der Waals surface area contributed by atoms with Crippen molar-refractivity contribution in [3.63, 3.8) is 0 Å². The molecule has 0 aliphatic heterocycles. The molecule has 0 unspecified atom stereocenters. The van der Waals surface area contributed by atoms with Gasteiger partial charge in [-0.2, -0.15) is 0 Å². The van der Waals surface area contributed by atoms with Crippen LogP contribution >= 0.6 is 27.7 Å². The zero-order valence-corrected chi connectivity index (χ0v) is 13.6. The van der Waals surface area contributed by atoms with Crippen molar-refractivity contribution in [3.05, 3.63) is 46.5 Å². The van der Waals surface area contributed by atoms with Gasteiger partial charge >= 0.3 is 0 Å².